The van der Waals surface area contributed by atoms with Crippen LogP contribution in [-0.4, -0.2) is 19.8 Å². The fourth-order valence-corrected chi connectivity index (χ4v) is 3.52. The molecule has 2 nitrogen and oxygen atoms in total. The molecule has 2 rings (SSSR count). The van der Waals surface area contributed by atoms with Gasteiger partial charge in [0, 0.05) is 7.11 Å². The summed E-state index contributed by atoms with van der Waals surface area (Å²) in [5.74, 6) is 0. The normalized spacial score (nSPS) is 20.8. The van der Waals surface area contributed by atoms with Crippen molar-refractivity contribution in [2.24, 2.45) is 0 Å². The van der Waals surface area contributed by atoms with Crippen molar-refractivity contribution >= 4 is 0 Å². The number of nitrogens with one attached hydrogen (secondary N) is 1. The van der Waals surface area contributed by atoms with Crippen molar-refractivity contribution in [3.63, 3.8) is 0 Å². The molecule has 0 amide bonds. The van der Waals surface area contributed by atoms with E-state index in [1.54, 1.807) is 0 Å². The van der Waals surface area contributed by atoms with Gasteiger partial charge in [0.1, 0.15) is 0 Å². The van der Waals surface area contributed by atoms with Crippen LogP contribution < -0.4 is 5.32 Å². The number of methoxy groups -OCH3 is 1. The minimum atomic E-state index is -0.0426. The standard InChI is InChI=1S/C17H27NO/c1-14-9-8-10-15(13-14)16(18-2)17(19-3)11-6-4-5-7-12-17/h8-10,13,16,18H,4-7,11-12H2,1-3H3. The molecular weight excluding hydrogens is 234 g/mol. The molecule has 1 fully saturated rings. The maximum absolute atomic E-state index is 6.04. The lowest BCUT2D eigenvalue weighted by Crippen LogP contribution is -2.44. The van der Waals surface area contributed by atoms with Gasteiger partial charge in [-0.25, -0.2) is 0 Å². The zero-order valence-corrected chi connectivity index (χ0v) is 12.5. The van der Waals surface area contributed by atoms with E-state index in [-0.39, 0.29) is 11.6 Å². The Morgan fingerprint density at radius 3 is 2.37 bits per heavy atom. The van der Waals surface area contributed by atoms with Gasteiger partial charge in [0.15, 0.2) is 0 Å². The largest absolute Gasteiger partial charge is 0.376 e. The quantitative estimate of drug-likeness (QED) is 0.827. The van der Waals surface area contributed by atoms with Crippen LogP contribution in [0.2, 0.25) is 0 Å². The fourth-order valence-electron chi connectivity index (χ4n) is 3.52. The number of hydrogen-bond donors (Lipinski definition) is 1. The van der Waals surface area contributed by atoms with E-state index in [2.05, 4.69) is 43.6 Å². The van der Waals surface area contributed by atoms with Gasteiger partial charge in [0.25, 0.3) is 0 Å². The van der Waals surface area contributed by atoms with Gasteiger partial charge in [-0.05, 0) is 32.4 Å². The van der Waals surface area contributed by atoms with Gasteiger partial charge in [0.2, 0.25) is 0 Å². The molecule has 19 heavy (non-hydrogen) atoms. The molecule has 1 aliphatic carbocycles. The second-order valence-corrected chi connectivity index (χ2v) is 5.82. The van der Waals surface area contributed by atoms with Crippen molar-refractivity contribution in [2.75, 3.05) is 14.2 Å². The highest BCUT2D eigenvalue weighted by Gasteiger charge is 2.39. The van der Waals surface area contributed by atoms with Crippen molar-refractivity contribution in [2.45, 2.75) is 57.1 Å². The lowest BCUT2D eigenvalue weighted by Gasteiger charge is -2.39. The van der Waals surface area contributed by atoms with E-state index >= 15 is 0 Å². The fraction of sp³-hybridized carbons (Fsp3) is 0.647. The van der Waals surface area contributed by atoms with Crippen molar-refractivity contribution < 1.29 is 4.74 Å². The van der Waals surface area contributed by atoms with Gasteiger partial charge in [-0.15, -0.1) is 0 Å². The molecule has 0 radical (unpaired) electrons. The summed E-state index contributed by atoms with van der Waals surface area (Å²) in [4.78, 5) is 0. The van der Waals surface area contributed by atoms with Gasteiger partial charge in [0.05, 0.1) is 11.6 Å². The summed E-state index contributed by atoms with van der Waals surface area (Å²) in [6.07, 6.45) is 7.55. The molecule has 0 bridgehead atoms. The molecule has 1 saturated carbocycles. The third-order valence-electron chi connectivity index (χ3n) is 4.55. The van der Waals surface area contributed by atoms with Crippen LogP contribution in [0.25, 0.3) is 0 Å². The number of hydrogen-bond acceptors (Lipinski definition) is 2. The van der Waals surface area contributed by atoms with E-state index in [9.17, 15) is 0 Å². The van der Waals surface area contributed by atoms with Crippen LogP contribution >= 0.6 is 0 Å². The average molecular weight is 261 g/mol. The van der Waals surface area contributed by atoms with Crippen molar-refractivity contribution in [3.05, 3.63) is 35.4 Å². The smallest absolute Gasteiger partial charge is 0.0872 e. The molecular formula is C17H27NO. The second kappa shape index (κ2) is 6.53. The number of ether oxygens (including phenoxy) is 1. The Morgan fingerprint density at radius 1 is 1.16 bits per heavy atom. The Balaban J connectivity index is 2.32. The Bertz CT molecular complexity index is 394. The minimum Gasteiger partial charge on any atom is -0.376 e. The molecule has 1 atom stereocenters. The van der Waals surface area contributed by atoms with Gasteiger partial charge in [-0.3, -0.25) is 0 Å². The lowest BCUT2D eigenvalue weighted by atomic mass is 9.82. The third kappa shape index (κ3) is 3.18. The second-order valence-electron chi connectivity index (χ2n) is 5.82. The zero-order chi connectivity index (χ0) is 13.7. The van der Waals surface area contributed by atoms with Gasteiger partial charge >= 0.3 is 0 Å². The van der Waals surface area contributed by atoms with Crippen LogP contribution in [0.5, 0.6) is 0 Å². The molecule has 0 aromatic heterocycles. The topological polar surface area (TPSA) is 21.3 Å². The molecule has 1 aliphatic rings. The number of likely N-dealkylation sites (N-methyl/N-ethyl adjacent to an activating group) is 1. The molecule has 0 aliphatic heterocycles. The molecule has 2 heteroatoms. The summed E-state index contributed by atoms with van der Waals surface area (Å²) in [7, 11) is 3.93. The van der Waals surface area contributed by atoms with Crippen LogP contribution in [0, 0.1) is 6.92 Å². The van der Waals surface area contributed by atoms with Crippen molar-refractivity contribution in [3.8, 4) is 0 Å². The summed E-state index contributed by atoms with van der Waals surface area (Å²) in [5, 5.41) is 3.51. The summed E-state index contributed by atoms with van der Waals surface area (Å²) >= 11 is 0. The summed E-state index contributed by atoms with van der Waals surface area (Å²) < 4.78 is 6.04. The van der Waals surface area contributed by atoms with E-state index < -0.39 is 0 Å². The SMILES string of the molecule is CNC(c1cccc(C)c1)C1(OC)CCCCCC1. The van der Waals surface area contributed by atoms with Crippen LogP contribution in [0.1, 0.15) is 55.7 Å². The van der Waals surface area contributed by atoms with Crippen LogP contribution in [0.3, 0.4) is 0 Å². The highest BCUT2D eigenvalue weighted by molar-refractivity contribution is 5.27. The summed E-state index contributed by atoms with van der Waals surface area (Å²) in [6.45, 7) is 2.16. The molecule has 106 valence electrons. The van der Waals surface area contributed by atoms with Gasteiger partial charge < -0.3 is 10.1 Å². The first-order valence-electron chi connectivity index (χ1n) is 7.51. The zero-order valence-electron chi connectivity index (χ0n) is 12.5. The van der Waals surface area contributed by atoms with Gasteiger partial charge in [-0.2, -0.15) is 0 Å². The molecule has 0 saturated heterocycles. The minimum absolute atomic E-state index is 0.0426. The molecule has 1 aromatic rings. The third-order valence-corrected chi connectivity index (χ3v) is 4.55. The average Bonchev–Trinajstić information content (AvgIpc) is 2.66. The molecule has 1 unspecified atom stereocenters. The van der Waals surface area contributed by atoms with E-state index in [1.807, 2.05) is 7.11 Å². The predicted molar refractivity (Wildman–Crippen MR) is 80.4 cm³/mol. The first kappa shape index (κ1) is 14.5. The molecule has 1 N–H and O–H groups in total. The maximum Gasteiger partial charge on any atom is 0.0872 e. The van der Waals surface area contributed by atoms with Gasteiger partial charge in [-0.1, -0.05) is 55.5 Å². The highest BCUT2D eigenvalue weighted by atomic mass is 16.5. The van der Waals surface area contributed by atoms with E-state index in [4.69, 9.17) is 4.74 Å². The summed E-state index contributed by atoms with van der Waals surface area (Å²) in [5.41, 5.74) is 2.63. The van der Waals surface area contributed by atoms with Crippen molar-refractivity contribution in [1.82, 2.24) is 5.32 Å². The van der Waals surface area contributed by atoms with Crippen molar-refractivity contribution in [1.29, 1.82) is 0 Å². The van der Waals surface area contributed by atoms with Crippen LogP contribution in [0.4, 0.5) is 0 Å². The van der Waals surface area contributed by atoms with E-state index in [1.165, 1.54) is 36.8 Å². The molecule has 1 aromatic carbocycles. The molecule has 0 heterocycles. The number of benzene rings is 1. The Labute approximate surface area is 117 Å². The number of rotatable bonds is 4. The Kier molecular flexibility index (Phi) is 5.00. The Hall–Kier alpha value is -0.860. The van der Waals surface area contributed by atoms with E-state index in [0.717, 1.165) is 12.8 Å². The number of aryl methyl sites for hydroxylation is 1. The first-order valence-corrected chi connectivity index (χ1v) is 7.51. The predicted octanol–water partition coefficient (Wildman–Crippen LogP) is 3.99. The molecule has 0 spiro atoms. The highest BCUT2D eigenvalue weighted by Crippen LogP contribution is 2.40. The van der Waals surface area contributed by atoms with Crippen LogP contribution in [-0.2, 0) is 4.74 Å². The first-order chi connectivity index (χ1) is 9.22. The monoisotopic (exact) mass is 261 g/mol. The lowest BCUT2D eigenvalue weighted by molar-refractivity contribution is -0.0522. The Morgan fingerprint density at radius 2 is 1.84 bits per heavy atom. The maximum atomic E-state index is 6.04. The van der Waals surface area contributed by atoms with E-state index in [0.29, 0.717) is 0 Å². The van der Waals surface area contributed by atoms with Crippen LogP contribution in [0.15, 0.2) is 24.3 Å². The summed E-state index contributed by atoms with van der Waals surface area (Å²) in [6, 6.07) is 9.10.